The summed E-state index contributed by atoms with van der Waals surface area (Å²) in [6, 6.07) is 0.246. The summed E-state index contributed by atoms with van der Waals surface area (Å²) in [5, 5.41) is 0. The fraction of sp³-hybridized carbons (Fsp3) is 0.667. The van der Waals surface area contributed by atoms with E-state index in [1.165, 1.54) is 0 Å². The monoisotopic (exact) mass is 235 g/mol. The number of aryl methyl sites for hydroxylation is 1. The Bertz CT molecular complexity index is 394. The van der Waals surface area contributed by atoms with Gasteiger partial charge >= 0.3 is 0 Å². The van der Waals surface area contributed by atoms with Crippen molar-refractivity contribution in [3.8, 4) is 0 Å². The van der Waals surface area contributed by atoms with E-state index in [2.05, 4.69) is 33.9 Å². The molecule has 1 aliphatic heterocycles. The minimum Gasteiger partial charge on any atom is -0.383 e. The minimum atomic E-state index is 0.246. The summed E-state index contributed by atoms with van der Waals surface area (Å²) < 4.78 is 0. The molecule has 1 aromatic heterocycles. The maximum atomic E-state index is 5.93. The summed E-state index contributed by atoms with van der Waals surface area (Å²) in [6.45, 7) is 7.04. The summed E-state index contributed by atoms with van der Waals surface area (Å²) in [6.07, 6.45) is 0. The van der Waals surface area contributed by atoms with Crippen LogP contribution < -0.4 is 5.73 Å². The molecule has 5 nitrogen and oxygen atoms in total. The van der Waals surface area contributed by atoms with Gasteiger partial charge in [-0.2, -0.15) is 0 Å². The lowest BCUT2D eigenvalue weighted by atomic mass is 10.1. The molecule has 1 aliphatic rings. The zero-order valence-electron chi connectivity index (χ0n) is 11.1. The number of anilines is 1. The predicted octanol–water partition coefficient (Wildman–Crippen LogP) is 0.594. The molecule has 5 heteroatoms. The van der Waals surface area contributed by atoms with Crippen molar-refractivity contribution in [2.75, 3.05) is 39.5 Å². The third-order valence-electron chi connectivity index (χ3n) is 3.59. The molecule has 0 aromatic carbocycles. The van der Waals surface area contributed by atoms with Gasteiger partial charge in [0.2, 0.25) is 0 Å². The summed E-state index contributed by atoms with van der Waals surface area (Å²) in [5.74, 6) is 1.45. The second-order valence-corrected chi connectivity index (χ2v) is 4.94. The van der Waals surface area contributed by atoms with Gasteiger partial charge in [-0.1, -0.05) is 0 Å². The van der Waals surface area contributed by atoms with Gasteiger partial charge in [0.1, 0.15) is 11.6 Å². The fourth-order valence-electron chi connectivity index (χ4n) is 2.11. The first-order valence-electron chi connectivity index (χ1n) is 5.98. The molecule has 0 spiro atoms. The smallest absolute Gasteiger partial charge is 0.149 e. The van der Waals surface area contributed by atoms with Crippen molar-refractivity contribution in [3.63, 3.8) is 0 Å². The number of aromatic nitrogens is 2. The van der Waals surface area contributed by atoms with Gasteiger partial charge in [0.15, 0.2) is 0 Å². The van der Waals surface area contributed by atoms with E-state index in [0.717, 1.165) is 36.7 Å². The predicted molar refractivity (Wildman–Crippen MR) is 68.8 cm³/mol. The first kappa shape index (κ1) is 12.3. The number of rotatable bonds is 1. The maximum Gasteiger partial charge on any atom is 0.149 e. The minimum absolute atomic E-state index is 0.246. The highest BCUT2D eigenvalue weighted by molar-refractivity contribution is 5.40. The van der Waals surface area contributed by atoms with Gasteiger partial charge in [0.25, 0.3) is 0 Å². The van der Waals surface area contributed by atoms with Crippen LogP contribution in [0, 0.1) is 13.8 Å². The average Bonchev–Trinajstić information content (AvgIpc) is 2.28. The summed E-state index contributed by atoms with van der Waals surface area (Å²) in [5.41, 5.74) is 7.89. The van der Waals surface area contributed by atoms with E-state index in [4.69, 9.17) is 5.73 Å². The molecule has 1 unspecified atom stereocenters. The summed E-state index contributed by atoms with van der Waals surface area (Å²) >= 11 is 0. The number of likely N-dealkylation sites (N-methyl/N-ethyl adjacent to an activating group) is 2. The normalized spacial score (nSPS) is 22.9. The molecule has 2 N–H and O–H groups in total. The van der Waals surface area contributed by atoms with Gasteiger partial charge in [-0.15, -0.1) is 0 Å². The van der Waals surface area contributed by atoms with Crippen LogP contribution in [-0.2, 0) is 0 Å². The zero-order valence-corrected chi connectivity index (χ0v) is 11.1. The van der Waals surface area contributed by atoms with Crippen LogP contribution in [0.4, 0.5) is 5.82 Å². The van der Waals surface area contributed by atoms with Crippen molar-refractivity contribution in [2.45, 2.75) is 19.9 Å². The van der Waals surface area contributed by atoms with Crippen LogP contribution in [0.3, 0.4) is 0 Å². The van der Waals surface area contributed by atoms with E-state index in [0.29, 0.717) is 5.82 Å². The number of nitrogens with zero attached hydrogens (tertiary/aromatic N) is 4. The Balaban J connectivity index is 2.32. The molecule has 0 saturated carbocycles. The molecule has 0 radical (unpaired) electrons. The standard InChI is InChI=1S/C12H21N5/c1-8-9(2)14-12(15-11(8)13)10-7-16(3)5-6-17(10)4/h10H,5-7H2,1-4H3,(H2,13,14,15). The Morgan fingerprint density at radius 1 is 1.18 bits per heavy atom. The number of nitrogen functional groups attached to an aromatic ring is 1. The van der Waals surface area contributed by atoms with Crippen molar-refractivity contribution in [3.05, 3.63) is 17.1 Å². The second-order valence-electron chi connectivity index (χ2n) is 4.94. The number of hydrogen-bond donors (Lipinski definition) is 1. The molecule has 1 saturated heterocycles. The van der Waals surface area contributed by atoms with Crippen molar-refractivity contribution < 1.29 is 0 Å². The fourth-order valence-corrected chi connectivity index (χ4v) is 2.11. The van der Waals surface area contributed by atoms with Crippen molar-refractivity contribution >= 4 is 5.82 Å². The van der Waals surface area contributed by atoms with Crippen LogP contribution >= 0.6 is 0 Å². The van der Waals surface area contributed by atoms with Gasteiger partial charge in [-0.05, 0) is 27.9 Å². The highest BCUT2D eigenvalue weighted by Gasteiger charge is 2.26. The Kier molecular flexibility index (Phi) is 3.31. The van der Waals surface area contributed by atoms with E-state index in [-0.39, 0.29) is 6.04 Å². The third kappa shape index (κ3) is 2.40. The van der Waals surface area contributed by atoms with Gasteiger partial charge < -0.3 is 10.6 Å². The highest BCUT2D eigenvalue weighted by Crippen LogP contribution is 2.22. The van der Waals surface area contributed by atoms with E-state index in [1.54, 1.807) is 0 Å². The molecule has 0 amide bonds. The van der Waals surface area contributed by atoms with Crippen molar-refractivity contribution in [1.29, 1.82) is 0 Å². The van der Waals surface area contributed by atoms with Gasteiger partial charge in [0, 0.05) is 30.9 Å². The molecule has 1 atom stereocenters. The number of piperazine rings is 1. The molecule has 1 aromatic rings. The molecule has 1 fully saturated rings. The van der Waals surface area contributed by atoms with Crippen molar-refractivity contribution in [2.24, 2.45) is 0 Å². The lowest BCUT2D eigenvalue weighted by molar-refractivity contribution is 0.109. The molecule has 2 rings (SSSR count). The molecule has 0 bridgehead atoms. The topological polar surface area (TPSA) is 58.3 Å². The van der Waals surface area contributed by atoms with Crippen molar-refractivity contribution in [1.82, 2.24) is 19.8 Å². The van der Waals surface area contributed by atoms with Crippen LogP contribution in [-0.4, -0.2) is 53.5 Å². The Morgan fingerprint density at radius 2 is 1.88 bits per heavy atom. The summed E-state index contributed by atoms with van der Waals surface area (Å²) in [7, 11) is 4.25. The van der Waals surface area contributed by atoms with Gasteiger partial charge in [0.05, 0.1) is 6.04 Å². The Labute approximate surface area is 103 Å². The Morgan fingerprint density at radius 3 is 2.53 bits per heavy atom. The van der Waals surface area contributed by atoms with Crippen LogP contribution in [0.2, 0.25) is 0 Å². The summed E-state index contributed by atoms with van der Waals surface area (Å²) in [4.78, 5) is 13.6. The third-order valence-corrected chi connectivity index (χ3v) is 3.59. The largest absolute Gasteiger partial charge is 0.383 e. The second kappa shape index (κ2) is 4.58. The van der Waals surface area contributed by atoms with E-state index in [1.807, 2.05) is 13.8 Å². The van der Waals surface area contributed by atoms with Crippen LogP contribution in [0.5, 0.6) is 0 Å². The molecular weight excluding hydrogens is 214 g/mol. The highest BCUT2D eigenvalue weighted by atomic mass is 15.3. The Hall–Kier alpha value is -1.20. The van der Waals surface area contributed by atoms with E-state index < -0.39 is 0 Å². The zero-order chi connectivity index (χ0) is 12.6. The van der Waals surface area contributed by atoms with Gasteiger partial charge in [-0.25, -0.2) is 9.97 Å². The van der Waals surface area contributed by atoms with Crippen LogP contribution in [0.25, 0.3) is 0 Å². The SMILES string of the molecule is Cc1nc(C2CN(C)CCN2C)nc(N)c1C. The lowest BCUT2D eigenvalue weighted by Gasteiger charge is -2.36. The van der Waals surface area contributed by atoms with E-state index in [9.17, 15) is 0 Å². The lowest BCUT2D eigenvalue weighted by Crippen LogP contribution is -2.45. The first-order valence-corrected chi connectivity index (χ1v) is 5.98. The molecule has 94 valence electrons. The van der Waals surface area contributed by atoms with Crippen LogP contribution in [0.1, 0.15) is 23.1 Å². The molecule has 0 aliphatic carbocycles. The number of nitrogens with two attached hydrogens (primary N) is 1. The van der Waals surface area contributed by atoms with Gasteiger partial charge in [-0.3, -0.25) is 4.90 Å². The average molecular weight is 235 g/mol. The molecular formula is C12H21N5. The maximum absolute atomic E-state index is 5.93. The molecule has 2 heterocycles. The number of hydrogen-bond acceptors (Lipinski definition) is 5. The van der Waals surface area contributed by atoms with Crippen LogP contribution in [0.15, 0.2) is 0 Å². The first-order chi connectivity index (χ1) is 7.99. The van der Waals surface area contributed by atoms with E-state index >= 15 is 0 Å². The quantitative estimate of drug-likeness (QED) is 0.772. The molecule has 17 heavy (non-hydrogen) atoms.